The second-order valence-electron chi connectivity index (χ2n) is 5.24. The third kappa shape index (κ3) is 1.89. The molecule has 2 aliphatic rings. The molecule has 0 amide bonds. The number of rotatable bonds is 2. The molecule has 3 rings (SSSR count). The lowest BCUT2D eigenvalue weighted by atomic mass is 9.83. The van der Waals surface area contributed by atoms with E-state index in [9.17, 15) is 9.50 Å². The molecule has 0 aromatic heterocycles. The number of benzene rings is 1. The minimum Gasteiger partial charge on any atom is -0.496 e. The van der Waals surface area contributed by atoms with E-state index in [2.05, 4.69) is 0 Å². The van der Waals surface area contributed by atoms with Crippen LogP contribution in [0, 0.1) is 5.82 Å². The Morgan fingerprint density at radius 3 is 2.61 bits per heavy atom. The molecule has 2 saturated heterocycles. The Kier molecular flexibility index (Phi) is 2.79. The van der Waals surface area contributed by atoms with E-state index >= 15 is 0 Å². The van der Waals surface area contributed by atoms with Gasteiger partial charge in [0, 0.05) is 18.4 Å². The van der Waals surface area contributed by atoms with Gasteiger partial charge in [-0.25, -0.2) is 4.39 Å². The van der Waals surface area contributed by atoms with Crippen molar-refractivity contribution >= 4 is 0 Å². The molecule has 0 aliphatic carbocycles. The average Bonchev–Trinajstić information content (AvgIpc) is 2.69. The molecule has 2 heterocycles. The van der Waals surface area contributed by atoms with Crippen LogP contribution in [-0.2, 0) is 10.3 Å². The molecule has 2 unspecified atom stereocenters. The minimum atomic E-state index is -1.03. The van der Waals surface area contributed by atoms with Crippen LogP contribution < -0.4 is 4.74 Å². The van der Waals surface area contributed by atoms with Gasteiger partial charge in [-0.15, -0.1) is 0 Å². The van der Waals surface area contributed by atoms with Crippen LogP contribution in [0.15, 0.2) is 18.2 Å². The summed E-state index contributed by atoms with van der Waals surface area (Å²) in [7, 11) is 1.54. The fraction of sp³-hybridized carbons (Fsp3) is 0.571. The molecule has 18 heavy (non-hydrogen) atoms. The van der Waals surface area contributed by atoms with E-state index in [1.807, 2.05) is 0 Å². The van der Waals surface area contributed by atoms with Crippen LogP contribution in [0.4, 0.5) is 4.39 Å². The van der Waals surface area contributed by atoms with Gasteiger partial charge in [-0.1, -0.05) is 0 Å². The van der Waals surface area contributed by atoms with Gasteiger partial charge in [0.15, 0.2) is 0 Å². The van der Waals surface area contributed by atoms with Crippen molar-refractivity contribution in [1.29, 1.82) is 0 Å². The maximum atomic E-state index is 13.4. The zero-order valence-electron chi connectivity index (χ0n) is 10.4. The van der Waals surface area contributed by atoms with Crippen molar-refractivity contribution in [1.82, 2.24) is 0 Å². The molecule has 0 radical (unpaired) electrons. The third-order valence-corrected chi connectivity index (χ3v) is 3.99. The number of methoxy groups -OCH3 is 1. The predicted molar refractivity (Wildman–Crippen MR) is 64.0 cm³/mol. The van der Waals surface area contributed by atoms with Crippen molar-refractivity contribution in [2.24, 2.45) is 0 Å². The molecule has 0 saturated carbocycles. The van der Waals surface area contributed by atoms with E-state index in [-0.39, 0.29) is 18.0 Å². The second kappa shape index (κ2) is 4.21. The van der Waals surface area contributed by atoms with Crippen LogP contribution in [0.2, 0.25) is 0 Å². The lowest BCUT2D eigenvalue weighted by Crippen LogP contribution is -2.39. The second-order valence-corrected chi connectivity index (χ2v) is 5.24. The van der Waals surface area contributed by atoms with Crippen LogP contribution in [0.3, 0.4) is 0 Å². The Labute approximate surface area is 106 Å². The smallest absolute Gasteiger partial charge is 0.125 e. The van der Waals surface area contributed by atoms with E-state index < -0.39 is 5.60 Å². The van der Waals surface area contributed by atoms with Gasteiger partial charge in [0.2, 0.25) is 0 Å². The molecule has 4 heteroatoms. The first kappa shape index (κ1) is 11.9. The molecule has 2 atom stereocenters. The number of halogens is 1. The summed E-state index contributed by atoms with van der Waals surface area (Å²) in [5.41, 5.74) is -0.484. The topological polar surface area (TPSA) is 38.7 Å². The number of hydrogen-bond acceptors (Lipinski definition) is 3. The van der Waals surface area contributed by atoms with E-state index in [0.717, 1.165) is 12.8 Å². The Morgan fingerprint density at radius 2 is 2.00 bits per heavy atom. The normalized spacial score (nSPS) is 34.6. The molecular formula is C14H17FO3. The number of aliphatic hydroxyl groups is 1. The summed E-state index contributed by atoms with van der Waals surface area (Å²) < 4.78 is 24.4. The van der Waals surface area contributed by atoms with Gasteiger partial charge in [-0.05, 0) is 31.0 Å². The highest BCUT2D eigenvalue weighted by molar-refractivity contribution is 5.39. The molecule has 1 aromatic rings. The molecule has 2 aliphatic heterocycles. The summed E-state index contributed by atoms with van der Waals surface area (Å²) in [6, 6.07) is 4.29. The Hall–Kier alpha value is -1.13. The molecule has 1 N–H and O–H groups in total. The highest BCUT2D eigenvalue weighted by Crippen LogP contribution is 2.46. The van der Waals surface area contributed by atoms with Crippen molar-refractivity contribution < 1.29 is 19.0 Å². The summed E-state index contributed by atoms with van der Waals surface area (Å²) in [5, 5.41) is 10.8. The zero-order chi connectivity index (χ0) is 12.8. The number of fused-ring (bicyclic) bond motifs is 2. The molecule has 98 valence electrons. The maximum absolute atomic E-state index is 13.4. The van der Waals surface area contributed by atoms with Crippen molar-refractivity contribution in [2.45, 2.75) is 43.5 Å². The quantitative estimate of drug-likeness (QED) is 0.878. The largest absolute Gasteiger partial charge is 0.496 e. The first-order valence-electron chi connectivity index (χ1n) is 6.32. The summed E-state index contributed by atoms with van der Waals surface area (Å²) >= 11 is 0. The van der Waals surface area contributed by atoms with Gasteiger partial charge in [0.25, 0.3) is 0 Å². The molecule has 2 fully saturated rings. The van der Waals surface area contributed by atoms with Gasteiger partial charge in [-0.3, -0.25) is 0 Å². The molecule has 2 bridgehead atoms. The lowest BCUT2D eigenvalue weighted by molar-refractivity contribution is -0.116. The van der Waals surface area contributed by atoms with Crippen LogP contribution in [0.1, 0.15) is 31.2 Å². The van der Waals surface area contributed by atoms with Crippen LogP contribution in [0.5, 0.6) is 5.75 Å². The SMILES string of the molecule is COc1ccc(F)cc1C1(O)CC2CCC(C1)O2. The summed E-state index contributed by atoms with van der Waals surface area (Å²) in [6.07, 6.45) is 3.16. The molecule has 1 aromatic carbocycles. The van der Waals surface area contributed by atoms with Crippen molar-refractivity contribution in [3.05, 3.63) is 29.6 Å². The van der Waals surface area contributed by atoms with E-state index in [4.69, 9.17) is 9.47 Å². The molecule has 0 spiro atoms. The highest BCUT2D eigenvalue weighted by atomic mass is 19.1. The van der Waals surface area contributed by atoms with Gasteiger partial charge in [0.1, 0.15) is 11.6 Å². The number of hydrogen-bond donors (Lipinski definition) is 1. The standard InChI is InChI=1S/C14H17FO3/c1-17-13-5-2-9(15)6-12(13)14(16)7-10-3-4-11(8-14)18-10/h2,5-6,10-11,16H,3-4,7-8H2,1H3. The monoisotopic (exact) mass is 252 g/mol. The zero-order valence-corrected chi connectivity index (χ0v) is 10.4. The van der Waals surface area contributed by atoms with Crippen LogP contribution in [0.25, 0.3) is 0 Å². The summed E-state index contributed by atoms with van der Waals surface area (Å²) in [6.45, 7) is 0. The predicted octanol–water partition coefficient (Wildman–Crippen LogP) is 2.36. The van der Waals surface area contributed by atoms with Crippen molar-refractivity contribution in [3.8, 4) is 5.75 Å². The molecular weight excluding hydrogens is 235 g/mol. The van der Waals surface area contributed by atoms with Crippen molar-refractivity contribution in [3.63, 3.8) is 0 Å². The van der Waals surface area contributed by atoms with Gasteiger partial charge >= 0.3 is 0 Å². The van der Waals surface area contributed by atoms with E-state index in [1.165, 1.54) is 19.2 Å². The van der Waals surface area contributed by atoms with Crippen LogP contribution in [-0.4, -0.2) is 24.4 Å². The highest BCUT2D eigenvalue weighted by Gasteiger charge is 2.46. The van der Waals surface area contributed by atoms with Gasteiger partial charge < -0.3 is 14.6 Å². The minimum absolute atomic E-state index is 0.0849. The first-order chi connectivity index (χ1) is 8.60. The third-order valence-electron chi connectivity index (χ3n) is 3.99. The van der Waals surface area contributed by atoms with Crippen LogP contribution >= 0.6 is 0 Å². The Balaban J connectivity index is 2.00. The summed E-state index contributed by atoms with van der Waals surface area (Å²) in [4.78, 5) is 0. The Morgan fingerprint density at radius 1 is 1.33 bits per heavy atom. The van der Waals surface area contributed by atoms with Gasteiger partial charge in [-0.2, -0.15) is 0 Å². The van der Waals surface area contributed by atoms with E-state index in [1.54, 1.807) is 6.07 Å². The maximum Gasteiger partial charge on any atom is 0.125 e. The Bertz CT molecular complexity index is 448. The van der Waals surface area contributed by atoms with Gasteiger partial charge in [0.05, 0.1) is 24.9 Å². The average molecular weight is 252 g/mol. The molecule has 3 nitrogen and oxygen atoms in total. The number of ether oxygens (including phenoxy) is 2. The first-order valence-corrected chi connectivity index (χ1v) is 6.32. The fourth-order valence-corrected chi connectivity index (χ4v) is 3.18. The lowest BCUT2D eigenvalue weighted by Gasteiger charge is -2.37. The fourth-order valence-electron chi connectivity index (χ4n) is 3.18. The van der Waals surface area contributed by atoms with Crippen molar-refractivity contribution in [2.75, 3.05) is 7.11 Å². The summed E-state index contributed by atoms with van der Waals surface area (Å²) in [5.74, 6) is 0.193. The van der Waals surface area contributed by atoms with E-state index in [0.29, 0.717) is 24.2 Å².